The molecule has 0 atom stereocenters. The third-order valence-corrected chi connectivity index (χ3v) is 3.46. The van der Waals surface area contributed by atoms with Gasteiger partial charge in [-0.15, -0.1) is 0 Å². The average molecular weight is 322 g/mol. The Bertz CT molecular complexity index is 815. The number of amides is 1. The van der Waals surface area contributed by atoms with Gasteiger partial charge in [0, 0.05) is 30.8 Å². The van der Waals surface area contributed by atoms with Gasteiger partial charge in [0.2, 0.25) is 5.91 Å². The number of hydrogen-bond donors (Lipinski definition) is 1. The van der Waals surface area contributed by atoms with Crippen molar-refractivity contribution >= 4 is 5.91 Å². The standard InChI is InChI=1S/C18H18N4O2/c1-13-11-15(24-22-13)12-18(23)20-10-8-17-19-9-7-16(21-17)14-5-3-2-4-6-14/h2-7,9,11H,8,10,12H2,1H3,(H,20,23). The van der Waals surface area contributed by atoms with Crippen molar-refractivity contribution in [3.8, 4) is 11.3 Å². The molecule has 6 nitrogen and oxygen atoms in total. The van der Waals surface area contributed by atoms with E-state index in [-0.39, 0.29) is 12.3 Å². The largest absolute Gasteiger partial charge is 0.361 e. The summed E-state index contributed by atoms with van der Waals surface area (Å²) in [4.78, 5) is 20.7. The van der Waals surface area contributed by atoms with Crippen LogP contribution in [0.2, 0.25) is 0 Å². The van der Waals surface area contributed by atoms with Crippen LogP contribution in [-0.4, -0.2) is 27.6 Å². The zero-order valence-corrected chi connectivity index (χ0v) is 13.4. The Balaban J connectivity index is 1.52. The molecule has 0 aliphatic carbocycles. The fraction of sp³-hybridized carbons (Fsp3) is 0.222. The molecule has 0 spiro atoms. The second-order valence-electron chi connectivity index (χ2n) is 5.44. The average Bonchev–Trinajstić information content (AvgIpc) is 3.01. The van der Waals surface area contributed by atoms with Gasteiger partial charge in [0.1, 0.15) is 11.6 Å². The Hall–Kier alpha value is -3.02. The van der Waals surface area contributed by atoms with Crippen LogP contribution in [0.4, 0.5) is 0 Å². The number of aryl methyl sites for hydroxylation is 1. The fourth-order valence-corrected chi connectivity index (χ4v) is 2.32. The van der Waals surface area contributed by atoms with Crippen LogP contribution in [0.25, 0.3) is 11.3 Å². The molecule has 1 aromatic carbocycles. The van der Waals surface area contributed by atoms with E-state index in [1.807, 2.05) is 43.3 Å². The summed E-state index contributed by atoms with van der Waals surface area (Å²) in [5.41, 5.74) is 2.69. The Labute approximate surface area is 139 Å². The van der Waals surface area contributed by atoms with E-state index >= 15 is 0 Å². The van der Waals surface area contributed by atoms with E-state index < -0.39 is 0 Å². The SMILES string of the molecule is Cc1cc(CC(=O)NCCc2nccc(-c3ccccc3)n2)on1. The molecule has 0 unspecified atom stereocenters. The zero-order valence-electron chi connectivity index (χ0n) is 13.4. The van der Waals surface area contributed by atoms with Gasteiger partial charge < -0.3 is 9.84 Å². The molecule has 2 aromatic heterocycles. The van der Waals surface area contributed by atoms with Gasteiger partial charge in [-0.1, -0.05) is 35.5 Å². The highest BCUT2D eigenvalue weighted by molar-refractivity contribution is 5.77. The first-order chi connectivity index (χ1) is 11.7. The number of carbonyl (C=O) groups is 1. The van der Waals surface area contributed by atoms with Crippen LogP contribution in [0.1, 0.15) is 17.3 Å². The molecule has 0 aliphatic heterocycles. The lowest BCUT2D eigenvalue weighted by Gasteiger charge is -2.05. The summed E-state index contributed by atoms with van der Waals surface area (Å²) in [6.07, 6.45) is 2.50. The number of benzene rings is 1. The number of aromatic nitrogens is 3. The van der Waals surface area contributed by atoms with Crippen molar-refractivity contribution in [2.45, 2.75) is 19.8 Å². The topological polar surface area (TPSA) is 80.9 Å². The Morgan fingerprint density at radius 3 is 2.79 bits per heavy atom. The van der Waals surface area contributed by atoms with Crippen molar-refractivity contribution in [3.05, 3.63) is 65.9 Å². The Kier molecular flexibility index (Phi) is 4.96. The van der Waals surface area contributed by atoms with Crippen molar-refractivity contribution in [3.63, 3.8) is 0 Å². The van der Waals surface area contributed by atoms with E-state index in [9.17, 15) is 4.79 Å². The molecule has 0 aliphatic rings. The van der Waals surface area contributed by atoms with Gasteiger partial charge in [-0.2, -0.15) is 0 Å². The van der Waals surface area contributed by atoms with Crippen LogP contribution >= 0.6 is 0 Å². The number of nitrogens with one attached hydrogen (secondary N) is 1. The van der Waals surface area contributed by atoms with E-state index in [0.29, 0.717) is 24.6 Å². The number of rotatable bonds is 6. The van der Waals surface area contributed by atoms with E-state index in [1.165, 1.54) is 0 Å². The molecule has 0 radical (unpaired) electrons. The van der Waals surface area contributed by atoms with Gasteiger partial charge in [-0.3, -0.25) is 4.79 Å². The number of carbonyl (C=O) groups excluding carboxylic acids is 1. The first-order valence-corrected chi connectivity index (χ1v) is 7.77. The molecule has 24 heavy (non-hydrogen) atoms. The third-order valence-electron chi connectivity index (χ3n) is 3.46. The normalized spacial score (nSPS) is 10.5. The molecule has 0 saturated carbocycles. The molecule has 122 valence electrons. The van der Waals surface area contributed by atoms with Crippen molar-refractivity contribution in [1.29, 1.82) is 0 Å². The van der Waals surface area contributed by atoms with Crippen molar-refractivity contribution in [2.75, 3.05) is 6.54 Å². The highest BCUT2D eigenvalue weighted by Crippen LogP contribution is 2.15. The van der Waals surface area contributed by atoms with Gasteiger partial charge in [0.25, 0.3) is 0 Å². The van der Waals surface area contributed by atoms with Crippen LogP contribution in [0.5, 0.6) is 0 Å². The second-order valence-corrected chi connectivity index (χ2v) is 5.44. The second kappa shape index (κ2) is 7.50. The minimum Gasteiger partial charge on any atom is -0.361 e. The summed E-state index contributed by atoms with van der Waals surface area (Å²) in [6, 6.07) is 13.6. The minimum absolute atomic E-state index is 0.106. The Morgan fingerprint density at radius 2 is 2.04 bits per heavy atom. The number of nitrogens with zero attached hydrogens (tertiary/aromatic N) is 3. The zero-order chi connectivity index (χ0) is 16.8. The van der Waals surface area contributed by atoms with Gasteiger partial charge in [0.15, 0.2) is 0 Å². The molecule has 3 aromatic rings. The summed E-state index contributed by atoms with van der Waals surface area (Å²) in [6.45, 7) is 2.30. The maximum Gasteiger partial charge on any atom is 0.227 e. The summed E-state index contributed by atoms with van der Waals surface area (Å²) in [7, 11) is 0. The van der Waals surface area contributed by atoms with E-state index in [4.69, 9.17) is 4.52 Å². The monoisotopic (exact) mass is 322 g/mol. The molecule has 1 amide bonds. The predicted molar refractivity (Wildman–Crippen MR) is 89.1 cm³/mol. The van der Waals surface area contributed by atoms with E-state index in [2.05, 4.69) is 20.4 Å². The molecule has 0 saturated heterocycles. The molecule has 2 heterocycles. The minimum atomic E-state index is -0.106. The summed E-state index contributed by atoms with van der Waals surface area (Å²) < 4.78 is 5.03. The summed E-state index contributed by atoms with van der Waals surface area (Å²) in [5.74, 6) is 1.16. The molecule has 3 rings (SSSR count). The van der Waals surface area contributed by atoms with Crippen LogP contribution in [0.15, 0.2) is 53.2 Å². The lowest BCUT2D eigenvalue weighted by Crippen LogP contribution is -2.27. The molecular formula is C18H18N4O2. The van der Waals surface area contributed by atoms with Crippen LogP contribution in [0.3, 0.4) is 0 Å². The van der Waals surface area contributed by atoms with E-state index in [1.54, 1.807) is 12.3 Å². The lowest BCUT2D eigenvalue weighted by molar-refractivity contribution is -0.120. The predicted octanol–water partition coefficient (Wildman–Crippen LogP) is 2.34. The van der Waals surface area contributed by atoms with Crippen LogP contribution in [0, 0.1) is 6.92 Å². The van der Waals surface area contributed by atoms with Crippen LogP contribution < -0.4 is 5.32 Å². The van der Waals surface area contributed by atoms with Gasteiger partial charge in [-0.05, 0) is 13.0 Å². The van der Waals surface area contributed by atoms with Gasteiger partial charge >= 0.3 is 0 Å². The van der Waals surface area contributed by atoms with Gasteiger partial charge in [-0.25, -0.2) is 9.97 Å². The van der Waals surface area contributed by atoms with Crippen molar-refractivity contribution in [1.82, 2.24) is 20.4 Å². The maximum absolute atomic E-state index is 11.9. The van der Waals surface area contributed by atoms with Crippen LogP contribution in [-0.2, 0) is 17.6 Å². The molecule has 0 bridgehead atoms. The maximum atomic E-state index is 11.9. The van der Waals surface area contributed by atoms with E-state index in [0.717, 1.165) is 17.0 Å². The molecule has 6 heteroatoms. The molecule has 1 N–H and O–H groups in total. The van der Waals surface area contributed by atoms with Crippen molar-refractivity contribution in [2.24, 2.45) is 0 Å². The highest BCUT2D eigenvalue weighted by atomic mass is 16.5. The summed E-state index contributed by atoms with van der Waals surface area (Å²) >= 11 is 0. The quantitative estimate of drug-likeness (QED) is 0.753. The number of hydrogen-bond acceptors (Lipinski definition) is 5. The smallest absolute Gasteiger partial charge is 0.227 e. The Morgan fingerprint density at radius 1 is 1.21 bits per heavy atom. The molecule has 0 fully saturated rings. The van der Waals surface area contributed by atoms with Gasteiger partial charge in [0.05, 0.1) is 17.8 Å². The first-order valence-electron chi connectivity index (χ1n) is 7.77. The highest BCUT2D eigenvalue weighted by Gasteiger charge is 2.08. The third kappa shape index (κ3) is 4.25. The fourth-order valence-electron chi connectivity index (χ4n) is 2.32. The summed E-state index contributed by atoms with van der Waals surface area (Å²) in [5, 5.41) is 6.60. The van der Waals surface area contributed by atoms with Crippen molar-refractivity contribution < 1.29 is 9.32 Å². The molecular weight excluding hydrogens is 304 g/mol. The first kappa shape index (κ1) is 15.9. The lowest BCUT2D eigenvalue weighted by atomic mass is 10.1.